The fourth-order valence-corrected chi connectivity index (χ4v) is 4.59. The van der Waals surface area contributed by atoms with Gasteiger partial charge in [0.2, 0.25) is 0 Å². The number of amidine groups is 1. The highest BCUT2D eigenvalue weighted by molar-refractivity contribution is 6.03. The molecule has 5 aromatic rings. The zero-order valence-corrected chi connectivity index (χ0v) is 23.7. The number of carbonyl (C=O) groups is 2. The van der Waals surface area contributed by atoms with Crippen LogP contribution >= 0.6 is 0 Å². The van der Waals surface area contributed by atoms with Crippen molar-refractivity contribution < 1.29 is 28.6 Å². The number of hydrogen-bond acceptors (Lipinski definition) is 8. The normalized spacial score (nSPS) is 11.3. The van der Waals surface area contributed by atoms with Gasteiger partial charge in [0.25, 0.3) is 6.01 Å². The van der Waals surface area contributed by atoms with Gasteiger partial charge in [0.05, 0.1) is 36.4 Å². The number of carbonyl (C=O) groups excluding carboxylic acids is 2. The zero-order chi connectivity index (χ0) is 30.2. The SMILES string of the molecule is CCOC(=O)c1cccc2nc(OCC)n(Cc3ccc(-c4ccccc4/C(N)=N\OC(=O)Oc4ccccc4)cc3)c12. The van der Waals surface area contributed by atoms with Gasteiger partial charge in [0, 0.05) is 5.56 Å². The lowest BCUT2D eigenvalue weighted by atomic mass is 9.98. The number of benzene rings is 4. The Morgan fingerprint density at radius 3 is 2.30 bits per heavy atom. The molecule has 0 saturated heterocycles. The van der Waals surface area contributed by atoms with Crippen LogP contribution in [0.1, 0.15) is 35.3 Å². The molecule has 0 aliphatic heterocycles. The molecule has 0 fully saturated rings. The van der Waals surface area contributed by atoms with Crippen LogP contribution in [-0.4, -0.2) is 40.7 Å². The van der Waals surface area contributed by atoms with Crippen molar-refractivity contribution in [1.82, 2.24) is 9.55 Å². The molecule has 4 aromatic carbocycles. The van der Waals surface area contributed by atoms with E-state index in [1.165, 1.54) is 0 Å². The maximum Gasteiger partial charge on any atom is 0.540 e. The summed E-state index contributed by atoms with van der Waals surface area (Å²) in [6.07, 6.45) is -0.999. The monoisotopic (exact) mass is 578 g/mol. The van der Waals surface area contributed by atoms with Gasteiger partial charge < -0.3 is 19.9 Å². The molecule has 218 valence electrons. The highest BCUT2D eigenvalue weighted by atomic mass is 16.8. The van der Waals surface area contributed by atoms with E-state index >= 15 is 0 Å². The Bertz CT molecular complexity index is 1760. The molecule has 0 unspecified atom stereocenters. The smallest absolute Gasteiger partial charge is 0.465 e. The van der Waals surface area contributed by atoms with Crippen molar-refractivity contribution in [2.75, 3.05) is 13.2 Å². The van der Waals surface area contributed by atoms with Crippen molar-refractivity contribution in [3.05, 3.63) is 114 Å². The number of rotatable bonds is 10. The van der Waals surface area contributed by atoms with E-state index < -0.39 is 12.1 Å². The first-order valence-corrected chi connectivity index (χ1v) is 13.7. The number of hydrogen-bond donors (Lipinski definition) is 1. The summed E-state index contributed by atoms with van der Waals surface area (Å²) < 4.78 is 18.1. The fraction of sp³-hybridized carbons (Fsp3) is 0.152. The summed E-state index contributed by atoms with van der Waals surface area (Å²) in [7, 11) is 0. The summed E-state index contributed by atoms with van der Waals surface area (Å²) >= 11 is 0. The van der Waals surface area contributed by atoms with Gasteiger partial charge in [-0.3, -0.25) is 9.40 Å². The molecule has 5 rings (SSSR count). The van der Waals surface area contributed by atoms with Gasteiger partial charge in [-0.15, -0.1) is 0 Å². The van der Waals surface area contributed by atoms with Gasteiger partial charge >= 0.3 is 12.1 Å². The van der Waals surface area contributed by atoms with E-state index in [1.54, 1.807) is 55.5 Å². The summed E-state index contributed by atoms with van der Waals surface area (Å²) in [6, 6.07) is 29.5. The van der Waals surface area contributed by atoms with Crippen LogP contribution in [0.5, 0.6) is 11.8 Å². The van der Waals surface area contributed by atoms with Crippen LogP contribution in [0.3, 0.4) is 0 Å². The van der Waals surface area contributed by atoms with Crippen molar-refractivity contribution in [2.45, 2.75) is 20.4 Å². The lowest BCUT2D eigenvalue weighted by Crippen LogP contribution is -2.17. The molecule has 10 nitrogen and oxygen atoms in total. The Kier molecular flexibility index (Phi) is 8.96. The van der Waals surface area contributed by atoms with E-state index in [4.69, 9.17) is 24.8 Å². The molecule has 1 heterocycles. The van der Waals surface area contributed by atoms with Gasteiger partial charge in [0.15, 0.2) is 5.84 Å². The zero-order valence-electron chi connectivity index (χ0n) is 23.7. The van der Waals surface area contributed by atoms with Gasteiger partial charge in [0.1, 0.15) is 5.75 Å². The van der Waals surface area contributed by atoms with Crippen molar-refractivity contribution in [1.29, 1.82) is 0 Å². The number of esters is 1. The average molecular weight is 579 g/mol. The molecule has 0 aliphatic rings. The number of fused-ring (bicyclic) bond motifs is 1. The first-order chi connectivity index (χ1) is 21.0. The van der Waals surface area contributed by atoms with E-state index in [1.807, 2.05) is 60.0 Å². The molecule has 2 N–H and O–H groups in total. The number of para-hydroxylation sites is 2. The summed E-state index contributed by atoms with van der Waals surface area (Å²) in [5.74, 6) is -0.0702. The molecule has 0 saturated carbocycles. The minimum absolute atomic E-state index is 0.0161. The van der Waals surface area contributed by atoms with Crippen molar-refractivity contribution in [3.63, 3.8) is 0 Å². The quantitative estimate of drug-likeness (QED) is 0.0521. The van der Waals surface area contributed by atoms with Crippen molar-refractivity contribution in [2.24, 2.45) is 10.9 Å². The number of ether oxygens (including phenoxy) is 3. The maximum atomic E-state index is 12.7. The molecule has 0 amide bonds. The molecule has 0 spiro atoms. The molecule has 0 atom stereocenters. The summed E-state index contributed by atoms with van der Waals surface area (Å²) in [6.45, 7) is 4.75. The number of nitrogens with zero attached hydrogens (tertiary/aromatic N) is 3. The molecule has 43 heavy (non-hydrogen) atoms. The number of aromatic nitrogens is 2. The van der Waals surface area contributed by atoms with Gasteiger partial charge in [-0.25, -0.2) is 9.59 Å². The lowest BCUT2D eigenvalue weighted by molar-refractivity contribution is 0.0528. The van der Waals surface area contributed by atoms with Crippen molar-refractivity contribution >= 4 is 29.0 Å². The predicted octanol–water partition coefficient (Wildman–Crippen LogP) is 6.16. The minimum Gasteiger partial charge on any atom is -0.465 e. The standard InChI is InChI=1S/C33H30N4O6/c1-3-40-31(38)27-15-10-16-28-29(27)37(32(35-28)41-4-2)21-22-17-19-23(20-18-22)25-13-8-9-14-26(25)30(34)36-43-33(39)42-24-11-6-5-7-12-24/h5-20H,3-4,21H2,1-2H3,(H2,34,36). The number of nitrogens with two attached hydrogens (primary N) is 1. The Morgan fingerprint density at radius 2 is 1.56 bits per heavy atom. The third kappa shape index (κ3) is 6.65. The molecule has 0 radical (unpaired) electrons. The summed E-state index contributed by atoms with van der Waals surface area (Å²) in [5.41, 5.74) is 11.1. The Labute approximate surface area is 248 Å². The first-order valence-electron chi connectivity index (χ1n) is 13.7. The van der Waals surface area contributed by atoms with E-state index in [0.717, 1.165) is 16.7 Å². The van der Waals surface area contributed by atoms with E-state index in [-0.39, 0.29) is 12.4 Å². The van der Waals surface area contributed by atoms with Gasteiger partial charge in [-0.05, 0) is 54.8 Å². The molecule has 1 aromatic heterocycles. The highest BCUT2D eigenvalue weighted by Gasteiger charge is 2.20. The van der Waals surface area contributed by atoms with E-state index in [0.29, 0.717) is 47.1 Å². The van der Waals surface area contributed by atoms with Crippen molar-refractivity contribution in [3.8, 4) is 22.9 Å². The van der Waals surface area contributed by atoms with Crippen LogP contribution in [0.4, 0.5) is 4.79 Å². The van der Waals surface area contributed by atoms with Gasteiger partial charge in [-0.1, -0.05) is 78.0 Å². The topological polar surface area (TPSA) is 127 Å². The largest absolute Gasteiger partial charge is 0.540 e. The van der Waals surface area contributed by atoms with Crippen LogP contribution in [0, 0.1) is 0 Å². The highest BCUT2D eigenvalue weighted by Crippen LogP contribution is 2.29. The maximum absolute atomic E-state index is 12.7. The second-order valence-corrected chi connectivity index (χ2v) is 9.28. The Morgan fingerprint density at radius 1 is 0.837 bits per heavy atom. The second-order valence-electron chi connectivity index (χ2n) is 9.28. The Balaban J connectivity index is 1.39. The third-order valence-corrected chi connectivity index (χ3v) is 6.47. The number of oxime groups is 1. The van der Waals surface area contributed by atoms with Crippen LogP contribution in [0.2, 0.25) is 0 Å². The van der Waals surface area contributed by atoms with Crippen LogP contribution in [-0.2, 0) is 16.1 Å². The van der Waals surface area contributed by atoms with Crippen LogP contribution in [0.15, 0.2) is 102 Å². The fourth-order valence-electron chi connectivity index (χ4n) is 4.59. The molecule has 10 heteroatoms. The molecule has 0 bridgehead atoms. The van der Waals surface area contributed by atoms with Crippen LogP contribution in [0.25, 0.3) is 22.2 Å². The molecular weight excluding hydrogens is 548 g/mol. The average Bonchev–Trinajstić information content (AvgIpc) is 3.37. The number of imidazole rings is 1. The van der Waals surface area contributed by atoms with E-state index in [9.17, 15) is 9.59 Å². The molecular formula is C33H30N4O6. The summed E-state index contributed by atoms with van der Waals surface area (Å²) in [5, 5.41) is 3.79. The first kappa shape index (κ1) is 28.9. The van der Waals surface area contributed by atoms with E-state index in [2.05, 4.69) is 10.1 Å². The molecule has 0 aliphatic carbocycles. The lowest BCUT2D eigenvalue weighted by Gasteiger charge is -2.13. The Hall–Kier alpha value is -5.64. The summed E-state index contributed by atoms with van der Waals surface area (Å²) in [4.78, 5) is 34.3. The third-order valence-electron chi connectivity index (χ3n) is 6.47. The van der Waals surface area contributed by atoms with Crippen LogP contribution < -0.4 is 15.2 Å². The second kappa shape index (κ2) is 13.3. The predicted molar refractivity (Wildman–Crippen MR) is 162 cm³/mol. The van der Waals surface area contributed by atoms with Gasteiger partial charge in [-0.2, -0.15) is 4.98 Å². The minimum atomic E-state index is -0.999.